The van der Waals surface area contributed by atoms with Crippen LogP contribution in [-0.2, 0) is 9.59 Å². The summed E-state index contributed by atoms with van der Waals surface area (Å²) in [7, 11) is 0. The van der Waals surface area contributed by atoms with Crippen molar-refractivity contribution in [3.63, 3.8) is 0 Å². The number of nitriles is 1. The van der Waals surface area contributed by atoms with Gasteiger partial charge < -0.3 is 19.3 Å². The maximum Gasteiger partial charge on any atom is 0.227 e. The minimum Gasteiger partial charge on any atom is -0.486 e. The largest absolute Gasteiger partial charge is 0.486 e. The average molecular weight is 434 g/mol. The van der Waals surface area contributed by atoms with Crippen LogP contribution in [0.5, 0.6) is 11.5 Å². The smallest absolute Gasteiger partial charge is 0.227 e. The SMILES string of the molecule is N#CCCN(C(=O)CCC(=O)N1CCCC1c1ccc2c(c1)OCCO2)c1ccccc1. The van der Waals surface area contributed by atoms with E-state index >= 15 is 0 Å². The predicted octanol–water partition coefficient (Wildman–Crippen LogP) is 3.85. The third-order valence-electron chi connectivity index (χ3n) is 5.89. The zero-order valence-electron chi connectivity index (χ0n) is 18.0. The van der Waals surface area contributed by atoms with E-state index in [9.17, 15) is 9.59 Å². The fraction of sp³-hybridized carbons (Fsp3) is 0.400. The summed E-state index contributed by atoms with van der Waals surface area (Å²) in [6.45, 7) is 2.07. The first kappa shape index (κ1) is 21.7. The van der Waals surface area contributed by atoms with E-state index in [4.69, 9.17) is 14.7 Å². The van der Waals surface area contributed by atoms with E-state index in [-0.39, 0.29) is 37.1 Å². The summed E-state index contributed by atoms with van der Waals surface area (Å²) in [4.78, 5) is 29.4. The highest BCUT2D eigenvalue weighted by molar-refractivity contribution is 5.95. The number of carbonyl (C=O) groups is 2. The molecule has 32 heavy (non-hydrogen) atoms. The summed E-state index contributed by atoms with van der Waals surface area (Å²) in [5.41, 5.74) is 1.78. The van der Waals surface area contributed by atoms with Gasteiger partial charge in [0.05, 0.1) is 18.5 Å². The molecule has 7 heteroatoms. The number of nitrogens with zero attached hydrogens (tertiary/aromatic N) is 3. The van der Waals surface area contributed by atoms with Gasteiger partial charge in [-0.15, -0.1) is 0 Å². The molecule has 2 aromatic rings. The maximum absolute atomic E-state index is 13.0. The third kappa shape index (κ3) is 4.86. The Balaban J connectivity index is 1.40. The molecule has 1 saturated heterocycles. The first-order valence-electron chi connectivity index (χ1n) is 11.1. The molecule has 0 aliphatic carbocycles. The number of hydrogen-bond acceptors (Lipinski definition) is 5. The van der Waals surface area contributed by atoms with Gasteiger partial charge in [-0.3, -0.25) is 9.59 Å². The molecule has 1 unspecified atom stereocenters. The van der Waals surface area contributed by atoms with Crippen molar-refractivity contribution in [1.29, 1.82) is 5.26 Å². The van der Waals surface area contributed by atoms with Crippen molar-refractivity contribution in [1.82, 2.24) is 4.90 Å². The number of carbonyl (C=O) groups excluding carboxylic acids is 2. The van der Waals surface area contributed by atoms with Gasteiger partial charge in [0.25, 0.3) is 0 Å². The molecule has 4 rings (SSSR count). The van der Waals surface area contributed by atoms with Crippen molar-refractivity contribution in [2.75, 3.05) is 31.2 Å². The quantitative estimate of drug-likeness (QED) is 0.662. The zero-order chi connectivity index (χ0) is 22.3. The zero-order valence-corrected chi connectivity index (χ0v) is 18.0. The number of anilines is 1. The van der Waals surface area contributed by atoms with Crippen molar-refractivity contribution in [3.05, 3.63) is 54.1 Å². The second kappa shape index (κ2) is 10.2. The fourth-order valence-corrected chi connectivity index (χ4v) is 4.34. The van der Waals surface area contributed by atoms with Crippen LogP contribution in [-0.4, -0.2) is 43.0 Å². The van der Waals surface area contributed by atoms with Crippen molar-refractivity contribution in [2.45, 2.75) is 38.1 Å². The molecule has 2 aliphatic heterocycles. The lowest BCUT2D eigenvalue weighted by molar-refractivity contribution is -0.134. The van der Waals surface area contributed by atoms with Crippen molar-refractivity contribution in [2.24, 2.45) is 0 Å². The van der Waals surface area contributed by atoms with E-state index in [1.807, 2.05) is 53.4 Å². The van der Waals surface area contributed by atoms with Gasteiger partial charge in [-0.05, 0) is 42.7 Å². The Hall–Kier alpha value is -3.53. The number of benzene rings is 2. The molecular formula is C25H27N3O4. The van der Waals surface area contributed by atoms with Gasteiger partial charge in [-0.1, -0.05) is 24.3 Å². The first-order chi connectivity index (χ1) is 15.7. The minimum absolute atomic E-state index is 0.0164. The van der Waals surface area contributed by atoms with E-state index < -0.39 is 0 Å². The first-order valence-corrected chi connectivity index (χ1v) is 11.1. The Kier molecular flexibility index (Phi) is 6.90. The summed E-state index contributed by atoms with van der Waals surface area (Å²) in [5.74, 6) is 1.29. The molecule has 166 valence electrons. The van der Waals surface area contributed by atoms with E-state index in [0.717, 1.165) is 35.6 Å². The normalized spacial score (nSPS) is 17.0. The van der Waals surface area contributed by atoms with Gasteiger partial charge in [0.1, 0.15) is 13.2 Å². The van der Waals surface area contributed by atoms with Gasteiger partial charge in [0, 0.05) is 31.6 Å². The number of amides is 2. The molecule has 1 atom stereocenters. The molecule has 2 heterocycles. The number of hydrogen-bond donors (Lipinski definition) is 0. The number of rotatable bonds is 7. The maximum atomic E-state index is 13.0. The third-order valence-corrected chi connectivity index (χ3v) is 5.89. The standard InChI is InChI=1S/C25H27N3O4/c26-13-5-15-27(20-6-2-1-3-7-20)24(29)11-12-25(30)28-14-4-8-21(28)19-9-10-22-23(18-19)32-17-16-31-22/h1-3,6-7,9-10,18,21H,4-5,8,11-12,14-17H2. The van der Waals surface area contributed by atoms with Gasteiger partial charge in [0.15, 0.2) is 11.5 Å². The Morgan fingerprint density at radius 3 is 2.62 bits per heavy atom. The van der Waals surface area contributed by atoms with Gasteiger partial charge in [-0.25, -0.2) is 0 Å². The minimum atomic E-state index is -0.144. The molecule has 0 spiro atoms. The van der Waals surface area contributed by atoms with Crippen LogP contribution < -0.4 is 14.4 Å². The van der Waals surface area contributed by atoms with Gasteiger partial charge >= 0.3 is 0 Å². The molecule has 0 N–H and O–H groups in total. The summed E-state index contributed by atoms with van der Waals surface area (Å²) >= 11 is 0. The van der Waals surface area contributed by atoms with Crippen molar-refractivity contribution in [3.8, 4) is 17.6 Å². The molecule has 2 aliphatic rings. The van der Waals surface area contributed by atoms with E-state index in [1.54, 1.807) is 4.90 Å². The van der Waals surface area contributed by atoms with E-state index in [0.29, 0.717) is 26.3 Å². The molecule has 0 bridgehead atoms. The topological polar surface area (TPSA) is 82.9 Å². The summed E-state index contributed by atoms with van der Waals surface area (Å²) < 4.78 is 11.3. The lowest BCUT2D eigenvalue weighted by Crippen LogP contribution is -2.34. The fourth-order valence-electron chi connectivity index (χ4n) is 4.34. The van der Waals surface area contributed by atoms with Crippen LogP contribution >= 0.6 is 0 Å². The molecule has 0 aromatic heterocycles. The van der Waals surface area contributed by atoms with Crippen LogP contribution in [0.2, 0.25) is 0 Å². The molecular weight excluding hydrogens is 406 g/mol. The second-order valence-electron chi connectivity index (χ2n) is 7.94. The van der Waals surface area contributed by atoms with Crippen molar-refractivity contribution < 1.29 is 19.1 Å². The monoisotopic (exact) mass is 433 g/mol. The molecule has 0 saturated carbocycles. The predicted molar refractivity (Wildman–Crippen MR) is 119 cm³/mol. The average Bonchev–Trinajstić information content (AvgIpc) is 3.33. The Morgan fingerprint density at radius 1 is 1.06 bits per heavy atom. The highest BCUT2D eigenvalue weighted by atomic mass is 16.6. The molecule has 2 aromatic carbocycles. The summed E-state index contributed by atoms with van der Waals surface area (Å²) in [5, 5.41) is 8.95. The molecule has 1 fully saturated rings. The number of ether oxygens (including phenoxy) is 2. The highest BCUT2D eigenvalue weighted by Crippen LogP contribution is 2.38. The Labute approximate surface area is 188 Å². The van der Waals surface area contributed by atoms with Crippen LogP contribution in [0.1, 0.15) is 43.7 Å². The Bertz CT molecular complexity index is 1000. The van der Waals surface area contributed by atoms with Crippen LogP contribution in [0.25, 0.3) is 0 Å². The van der Waals surface area contributed by atoms with Crippen LogP contribution in [0.4, 0.5) is 5.69 Å². The number of fused-ring (bicyclic) bond motifs is 1. The molecule has 2 amide bonds. The summed E-state index contributed by atoms with van der Waals surface area (Å²) in [6.07, 6.45) is 2.32. The lowest BCUT2D eigenvalue weighted by atomic mass is 10.0. The number of para-hydroxylation sites is 1. The van der Waals surface area contributed by atoms with Crippen LogP contribution in [0, 0.1) is 11.3 Å². The lowest BCUT2D eigenvalue weighted by Gasteiger charge is -2.27. The van der Waals surface area contributed by atoms with Gasteiger partial charge in [-0.2, -0.15) is 5.26 Å². The van der Waals surface area contributed by atoms with Crippen LogP contribution in [0.3, 0.4) is 0 Å². The number of likely N-dealkylation sites (tertiary alicyclic amines) is 1. The highest BCUT2D eigenvalue weighted by Gasteiger charge is 2.31. The van der Waals surface area contributed by atoms with Crippen LogP contribution in [0.15, 0.2) is 48.5 Å². The van der Waals surface area contributed by atoms with Crippen molar-refractivity contribution >= 4 is 17.5 Å². The van der Waals surface area contributed by atoms with E-state index in [1.165, 1.54) is 0 Å². The molecule has 7 nitrogen and oxygen atoms in total. The second-order valence-corrected chi connectivity index (χ2v) is 7.94. The summed E-state index contributed by atoms with van der Waals surface area (Å²) in [6, 6.07) is 17.2. The van der Waals surface area contributed by atoms with E-state index in [2.05, 4.69) is 6.07 Å². The van der Waals surface area contributed by atoms with Gasteiger partial charge in [0.2, 0.25) is 11.8 Å². The Morgan fingerprint density at radius 2 is 1.84 bits per heavy atom. The molecule has 0 radical (unpaired) electrons.